The summed E-state index contributed by atoms with van der Waals surface area (Å²) in [5.74, 6) is 0.481. The van der Waals surface area contributed by atoms with Crippen molar-refractivity contribution in [3.05, 3.63) is 29.8 Å². The van der Waals surface area contributed by atoms with Crippen LogP contribution in [0.5, 0.6) is 0 Å². The number of aliphatic hydroxyl groups is 1. The van der Waals surface area contributed by atoms with Gasteiger partial charge in [0.15, 0.2) is 0 Å². The first kappa shape index (κ1) is 26.0. The molecule has 1 aromatic rings. The van der Waals surface area contributed by atoms with Crippen LogP contribution < -0.4 is 15.5 Å². The van der Waals surface area contributed by atoms with Crippen LogP contribution in [0, 0.1) is 16.7 Å². The van der Waals surface area contributed by atoms with Crippen LogP contribution in [-0.2, 0) is 16.1 Å². The third-order valence-corrected chi connectivity index (χ3v) is 8.29. The lowest BCUT2D eigenvalue weighted by atomic mass is 9.57. The first-order valence-electron chi connectivity index (χ1n) is 12.5. The number of fused-ring (bicyclic) bond motifs is 1. The molecule has 2 fully saturated rings. The zero-order valence-corrected chi connectivity index (χ0v) is 21.5. The van der Waals surface area contributed by atoms with Gasteiger partial charge in [0.1, 0.15) is 0 Å². The fourth-order valence-corrected chi connectivity index (χ4v) is 6.39. The smallest absolute Gasteiger partial charge is 0.220 e. The van der Waals surface area contributed by atoms with Crippen LogP contribution in [0.1, 0.15) is 64.9 Å². The van der Waals surface area contributed by atoms with E-state index in [4.69, 9.17) is 4.74 Å². The second-order valence-electron chi connectivity index (χ2n) is 11.5. The molecule has 6 heteroatoms. The monoisotopic (exact) mass is 459 g/mol. The average Bonchev–Trinajstić information content (AvgIpc) is 2.97. The van der Waals surface area contributed by atoms with E-state index in [1.165, 1.54) is 11.3 Å². The third-order valence-electron chi connectivity index (χ3n) is 8.29. The summed E-state index contributed by atoms with van der Waals surface area (Å²) in [6.07, 6.45) is 4.99. The Balaban J connectivity index is 1.76. The Labute approximate surface area is 200 Å². The number of nitrogens with one attached hydrogen (secondary N) is 2. The SMILES string of the molecule is COCCNC(=O)CC[C@]12CC[C@](C)(O)C[C@H]1C(C)(C)C[C@@H]2NCc1ccc(N(C)C)cc1. The molecule has 2 saturated carbocycles. The van der Waals surface area contributed by atoms with Gasteiger partial charge < -0.3 is 25.4 Å². The highest BCUT2D eigenvalue weighted by molar-refractivity contribution is 5.75. The highest BCUT2D eigenvalue weighted by Crippen LogP contribution is 2.63. The van der Waals surface area contributed by atoms with Crippen LogP contribution in [0.15, 0.2) is 24.3 Å². The van der Waals surface area contributed by atoms with Crippen LogP contribution in [0.2, 0.25) is 0 Å². The summed E-state index contributed by atoms with van der Waals surface area (Å²) in [5.41, 5.74) is 1.99. The maximum absolute atomic E-state index is 12.6. The molecular formula is C27H45N3O3. The molecule has 1 aromatic carbocycles. The van der Waals surface area contributed by atoms with Crippen molar-refractivity contribution in [3.63, 3.8) is 0 Å². The number of methoxy groups -OCH3 is 1. The van der Waals surface area contributed by atoms with Crippen molar-refractivity contribution in [1.82, 2.24) is 10.6 Å². The number of carbonyl (C=O) groups is 1. The molecule has 0 bridgehead atoms. The van der Waals surface area contributed by atoms with E-state index in [2.05, 4.69) is 67.7 Å². The second-order valence-corrected chi connectivity index (χ2v) is 11.5. The zero-order valence-electron chi connectivity index (χ0n) is 21.5. The summed E-state index contributed by atoms with van der Waals surface area (Å²) in [5, 5.41) is 17.8. The number of anilines is 1. The first-order valence-corrected chi connectivity index (χ1v) is 12.5. The van der Waals surface area contributed by atoms with E-state index in [0.29, 0.717) is 31.5 Å². The van der Waals surface area contributed by atoms with E-state index in [1.54, 1.807) is 7.11 Å². The van der Waals surface area contributed by atoms with Gasteiger partial charge in [0.25, 0.3) is 0 Å². The number of ether oxygens (including phenoxy) is 1. The van der Waals surface area contributed by atoms with E-state index in [-0.39, 0.29) is 16.7 Å². The molecule has 3 N–H and O–H groups in total. The Morgan fingerprint density at radius 2 is 1.85 bits per heavy atom. The predicted molar refractivity (Wildman–Crippen MR) is 134 cm³/mol. The molecule has 0 spiro atoms. The van der Waals surface area contributed by atoms with Gasteiger partial charge in [-0.2, -0.15) is 0 Å². The van der Waals surface area contributed by atoms with E-state index in [1.807, 2.05) is 6.92 Å². The molecule has 1 amide bonds. The van der Waals surface area contributed by atoms with Crippen molar-refractivity contribution in [2.45, 2.75) is 77.5 Å². The fourth-order valence-electron chi connectivity index (χ4n) is 6.39. The molecule has 0 aromatic heterocycles. The lowest BCUT2D eigenvalue weighted by Gasteiger charge is -2.51. The minimum atomic E-state index is -0.622. The Bertz CT molecular complexity index is 790. The van der Waals surface area contributed by atoms with E-state index >= 15 is 0 Å². The highest BCUT2D eigenvalue weighted by Gasteiger charge is 2.61. The first-order chi connectivity index (χ1) is 15.5. The van der Waals surface area contributed by atoms with Gasteiger partial charge in [-0.15, -0.1) is 0 Å². The Kier molecular flexibility index (Phi) is 8.13. The maximum atomic E-state index is 12.6. The van der Waals surface area contributed by atoms with E-state index in [0.717, 1.165) is 38.6 Å². The molecule has 6 nitrogen and oxygen atoms in total. The van der Waals surface area contributed by atoms with Crippen LogP contribution in [0.4, 0.5) is 5.69 Å². The summed E-state index contributed by atoms with van der Waals surface area (Å²) in [7, 11) is 5.76. The summed E-state index contributed by atoms with van der Waals surface area (Å²) in [4.78, 5) is 14.7. The molecular weight excluding hydrogens is 414 g/mol. The number of hydrogen-bond donors (Lipinski definition) is 3. The number of carbonyl (C=O) groups excluding carboxylic acids is 1. The number of amides is 1. The van der Waals surface area contributed by atoms with Crippen LogP contribution >= 0.6 is 0 Å². The molecule has 0 heterocycles. The van der Waals surface area contributed by atoms with Crippen LogP contribution in [0.3, 0.4) is 0 Å². The minimum absolute atomic E-state index is 0.0217. The minimum Gasteiger partial charge on any atom is -0.390 e. The van der Waals surface area contributed by atoms with Gasteiger partial charge >= 0.3 is 0 Å². The molecule has 0 saturated heterocycles. The molecule has 0 radical (unpaired) electrons. The Hall–Kier alpha value is -1.63. The predicted octanol–water partition coefficient (Wildman–Crippen LogP) is 3.72. The topological polar surface area (TPSA) is 73.8 Å². The maximum Gasteiger partial charge on any atom is 0.220 e. The molecule has 3 rings (SSSR count). The summed E-state index contributed by atoms with van der Waals surface area (Å²) >= 11 is 0. The lowest BCUT2D eigenvalue weighted by molar-refractivity contribution is -0.123. The van der Waals surface area contributed by atoms with Gasteiger partial charge in [0.05, 0.1) is 12.2 Å². The van der Waals surface area contributed by atoms with Crippen LogP contribution in [-0.4, -0.2) is 57.0 Å². The van der Waals surface area contributed by atoms with Gasteiger partial charge in [0.2, 0.25) is 5.91 Å². The van der Waals surface area contributed by atoms with Gasteiger partial charge in [-0.3, -0.25) is 4.79 Å². The normalized spacial score (nSPS) is 30.6. The van der Waals surface area contributed by atoms with Gasteiger partial charge in [-0.1, -0.05) is 26.0 Å². The number of hydrogen-bond acceptors (Lipinski definition) is 5. The van der Waals surface area contributed by atoms with Crippen molar-refractivity contribution in [1.29, 1.82) is 0 Å². The summed E-state index contributed by atoms with van der Waals surface area (Å²) in [6, 6.07) is 9.05. The standard InChI is InChI=1S/C27H45N3O3/c1-25(2)18-23(29-19-20-7-9-21(10-8-20)30(4)5)27(12-11-24(31)28-15-16-33-6)14-13-26(3,32)17-22(25)27/h7-10,22-23,29,32H,11-19H2,1-6H3,(H,28,31)/t22-,23-,26-,27-/m0/s1. The Morgan fingerprint density at radius 1 is 1.15 bits per heavy atom. The third kappa shape index (κ3) is 6.09. The zero-order chi connectivity index (χ0) is 24.3. The lowest BCUT2D eigenvalue weighted by Crippen LogP contribution is -2.51. The number of rotatable bonds is 10. The van der Waals surface area contributed by atoms with Crippen molar-refractivity contribution >= 4 is 11.6 Å². The van der Waals surface area contributed by atoms with Crippen LogP contribution in [0.25, 0.3) is 0 Å². The molecule has 33 heavy (non-hydrogen) atoms. The van der Waals surface area contributed by atoms with Gasteiger partial charge in [-0.05, 0) is 73.5 Å². The van der Waals surface area contributed by atoms with Gasteiger partial charge in [-0.25, -0.2) is 0 Å². The Morgan fingerprint density at radius 3 is 2.48 bits per heavy atom. The van der Waals surface area contributed by atoms with E-state index < -0.39 is 5.60 Å². The van der Waals surface area contributed by atoms with Crippen molar-refractivity contribution in [3.8, 4) is 0 Å². The molecule has 2 aliphatic carbocycles. The average molecular weight is 460 g/mol. The molecule has 0 aliphatic heterocycles. The summed E-state index contributed by atoms with van der Waals surface area (Å²) < 4.78 is 5.06. The largest absolute Gasteiger partial charge is 0.390 e. The number of nitrogens with zero attached hydrogens (tertiary/aromatic N) is 1. The molecule has 186 valence electrons. The quantitative estimate of drug-likeness (QED) is 0.465. The second kappa shape index (κ2) is 10.3. The van der Waals surface area contributed by atoms with Crippen molar-refractivity contribution in [2.24, 2.45) is 16.7 Å². The van der Waals surface area contributed by atoms with Crippen molar-refractivity contribution < 1.29 is 14.6 Å². The molecule has 2 aliphatic rings. The number of benzene rings is 1. The van der Waals surface area contributed by atoms with Crippen molar-refractivity contribution in [2.75, 3.05) is 39.3 Å². The van der Waals surface area contributed by atoms with Gasteiger partial charge in [0, 0.05) is 52.4 Å². The molecule has 0 unspecified atom stereocenters. The van der Waals surface area contributed by atoms with E-state index in [9.17, 15) is 9.90 Å². The molecule has 4 atom stereocenters. The fraction of sp³-hybridized carbons (Fsp3) is 0.741. The highest BCUT2D eigenvalue weighted by atomic mass is 16.5. The summed E-state index contributed by atoms with van der Waals surface area (Å²) in [6.45, 7) is 8.58.